The summed E-state index contributed by atoms with van der Waals surface area (Å²) >= 11 is 2.02. The highest BCUT2D eigenvalue weighted by Gasteiger charge is 2.14. The van der Waals surface area contributed by atoms with Gasteiger partial charge < -0.3 is 16.8 Å². The van der Waals surface area contributed by atoms with Gasteiger partial charge in [-0.15, -0.1) is 0 Å². The van der Waals surface area contributed by atoms with Gasteiger partial charge in [0.1, 0.15) is 0 Å². The van der Waals surface area contributed by atoms with E-state index in [1.807, 2.05) is 17.8 Å². The van der Waals surface area contributed by atoms with Crippen LogP contribution in [-0.4, -0.2) is 23.5 Å². The molecule has 1 aromatic carbocycles. The van der Waals surface area contributed by atoms with Gasteiger partial charge in [-0.25, -0.2) is 0 Å². The predicted molar refractivity (Wildman–Crippen MR) is 78.0 cm³/mol. The SMILES string of the molecule is NC(=O)c1ccc(NCC2CCCCS2)c(N)c1. The largest absolute Gasteiger partial charge is 0.397 e. The van der Waals surface area contributed by atoms with E-state index in [1.54, 1.807) is 12.1 Å². The molecule has 1 aliphatic heterocycles. The lowest BCUT2D eigenvalue weighted by Gasteiger charge is -2.22. The second kappa shape index (κ2) is 6.00. The van der Waals surface area contributed by atoms with E-state index < -0.39 is 5.91 Å². The van der Waals surface area contributed by atoms with Gasteiger partial charge in [0, 0.05) is 17.4 Å². The molecule has 2 rings (SSSR count). The first-order valence-corrected chi connectivity index (χ1v) is 7.26. The number of nitrogens with two attached hydrogens (primary N) is 2. The van der Waals surface area contributed by atoms with Crippen molar-refractivity contribution in [2.24, 2.45) is 5.73 Å². The Morgan fingerprint density at radius 3 is 2.89 bits per heavy atom. The van der Waals surface area contributed by atoms with Crippen molar-refractivity contribution in [3.63, 3.8) is 0 Å². The summed E-state index contributed by atoms with van der Waals surface area (Å²) in [6.07, 6.45) is 3.91. The van der Waals surface area contributed by atoms with Gasteiger partial charge in [-0.2, -0.15) is 11.8 Å². The van der Waals surface area contributed by atoms with E-state index >= 15 is 0 Å². The third-order valence-corrected chi connectivity index (χ3v) is 4.53. The molecule has 18 heavy (non-hydrogen) atoms. The number of carbonyl (C=O) groups excluding carboxylic acids is 1. The van der Waals surface area contributed by atoms with E-state index in [0.29, 0.717) is 16.5 Å². The van der Waals surface area contributed by atoms with Crippen molar-refractivity contribution in [2.75, 3.05) is 23.3 Å². The molecule has 5 heteroatoms. The van der Waals surface area contributed by atoms with Crippen LogP contribution in [0.15, 0.2) is 18.2 Å². The molecule has 1 fully saturated rings. The molecule has 1 aliphatic rings. The van der Waals surface area contributed by atoms with Crippen LogP contribution in [0.1, 0.15) is 29.6 Å². The summed E-state index contributed by atoms with van der Waals surface area (Å²) in [6, 6.07) is 5.15. The number of primary amides is 1. The molecule has 0 bridgehead atoms. The fraction of sp³-hybridized carbons (Fsp3) is 0.462. The number of hydrogen-bond donors (Lipinski definition) is 3. The first-order chi connectivity index (χ1) is 8.66. The predicted octanol–water partition coefficient (Wildman–Crippen LogP) is 2.07. The molecular formula is C13H19N3OS. The van der Waals surface area contributed by atoms with Crippen LogP contribution in [0.4, 0.5) is 11.4 Å². The van der Waals surface area contributed by atoms with Crippen LogP contribution in [-0.2, 0) is 0 Å². The first-order valence-electron chi connectivity index (χ1n) is 6.21. The number of amides is 1. The van der Waals surface area contributed by atoms with Crippen molar-refractivity contribution in [1.82, 2.24) is 0 Å². The van der Waals surface area contributed by atoms with E-state index in [4.69, 9.17) is 11.5 Å². The summed E-state index contributed by atoms with van der Waals surface area (Å²) in [4.78, 5) is 11.0. The molecule has 1 unspecified atom stereocenters. The number of nitrogens with one attached hydrogen (secondary N) is 1. The number of anilines is 2. The van der Waals surface area contributed by atoms with Crippen LogP contribution in [0.25, 0.3) is 0 Å². The molecule has 1 amide bonds. The van der Waals surface area contributed by atoms with Crippen molar-refractivity contribution in [1.29, 1.82) is 0 Å². The lowest BCUT2D eigenvalue weighted by Crippen LogP contribution is -2.20. The number of rotatable bonds is 4. The number of carbonyl (C=O) groups is 1. The molecule has 98 valence electrons. The summed E-state index contributed by atoms with van der Waals surface area (Å²) in [5.41, 5.74) is 13.0. The zero-order valence-electron chi connectivity index (χ0n) is 10.3. The van der Waals surface area contributed by atoms with Gasteiger partial charge in [0.05, 0.1) is 11.4 Å². The lowest BCUT2D eigenvalue weighted by molar-refractivity contribution is 0.100. The summed E-state index contributed by atoms with van der Waals surface area (Å²) in [7, 11) is 0. The molecule has 1 aromatic rings. The highest BCUT2D eigenvalue weighted by Crippen LogP contribution is 2.26. The zero-order valence-corrected chi connectivity index (χ0v) is 11.1. The Morgan fingerprint density at radius 2 is 2.28 bits per heavy atom. The normalized spacial score (nSPS) is 19.4. The molecule has 0 aromatic heterocycles. The maximum absolute atomic E-state index is 11.0. The van der Waals surface area contributed by atoms with E-state index in [1.165, 1.54) is 25.0 Å². The molecule has 5 N–H and O–H groups in total. The van der Waals surface area contributed by atoms with Crippen LogP contribution in [0.3, 0.4) is 0 Å². The van der Waals surface area contributed by atoms with Crippen molar-refractivity contribution in [2.45, 2.75) is 24.5 Å². The Morgan fingerprint density at radius 1 is 1.44 bits per heavy atom. The van der Waals surface area contributed by atoms with Crippen molar-refractivity contribution < 1.29 is 4.79 Å². The van der Waals surface area contributed by atoms with E-state index in [-0.39, 0.29) is 0 Å². The second-order valence-corrected chi connectivity index (χ2v) is 5.94. The molecular weight excluding hydrogens is 246 g/mol. The Kier molecular flexibility index (Phi) is 4.36. The third kappa shape index (κ3) is 3.32. The fourth-order valence-electron chi connectivity index (χ4n) is 2.07. The minimum absolute atomic E-state index is 0.448. The summed E-state index contributed by atoms with van der Waals surface area (Å²) in [6.45, 7) is 0.921. The number of nitrogen functional groups attached to an aromatic ring is 1. The monoisotopic (exact) mass is 265 g/mol. The number of thioether (sulfide) groups is 1. The highest BCUT2D eigenvalue weighted by molar-refractivity contribution is 7.99. The minimum Gasteiger partial charge on any atom is -0.397 e. The van der Waals surface area contributed by atoms with E-state index in [2.05, 4.69) is 5.32 Å². The lowest BCUT2D eigenvalue weighted by atomic mass is 10.1. The number of hydrogen-bond acceptors (Lipinski definition) is 4. The molecule has 0 radical (unpaired) electrons. The molecule has 0 aliphatic carbocycles. The van der Waals surface area contributed by atoms with Crippen LogP contribution in [0, 0.1) is 0 Å². The van der Waals surface area contributed by atoms with Crippen LogP contribution in [0.2, 0.25) is 0 Å². The molecule has 1 atom stereocenters. The minimum atomic E-state index is -0.448. The Labute approximate surface area is 111 Å². The molecule has 0 saturated carbocycles. The van der Waals surface area contributed by atoms with Crippen molar-refractivity contribution in [3.8, 4) is 0 Å². The maximum Gasteiger partial charge on any atom is 0.248 e. The van der Waals surface area contributed by atoms with Gasteiger partial charge in [-0.3, -0.25) is 4.79 Å². The molecule has 0 spiro atoms. The quantitative estimate of drug-likeness (QED) is 0.728. The van der Waals surface area contributed by atoms with Crippen molar-refractivity contribution in [3.05, 3.63) is 23.8 Å². The first kappa shape index (κ1) is 13.1. The van der Waals surface area contributed by atoms with E-state index in [0.717, 1.165) is 12.2 Å². The van der Waals surface area contributed by atoms with Gasteiger partial charge in [0.2, 0.25) is 5.91 Å². The topological polar surface area (TPSA) is 81.1 Å². The summed E-state index contributed by atoms with van der Waals surface area (Å²) in [5, 5.41) is 4.01. The summed E-state index contributed by atoms with van der Waals surface area (Å²) < 4.78 is 0. The van der Waals surface area contributed by atoms with Crippen molar-refractivity contribution >= 4 is 29.0 Å². The molecule has 1 heterocycles. The smallest absolute Gasteiger partial charge is 0.248 e. The fourth-order valence-corrected chi connectivity index (χ4v) is 3.31. The number of benzene rings is 1. The Balaban J connectivity index is 1.94. The second-order valence-electron chi connectivity index (χ2n) is 4.54. The maximum atomic E-state index is 11.0. The average Bonchev–Trinajstić information content (AvgIpc) is 2.38. The standard InChI is InChI=1S/C13H19N3OS/c14-11-7-9(13(15)17)4-5-12(11)16-8-10-3-1-2-6-18-10/h4-5,7,10,16H,1-3,6,8,14H2,(H2,15,17). The van der Waals surface area contributed by atoms with Gasteiger partial charge in [0.15, 0.2) is 0 Å². The zero-order chi connectivity index (χ0) is 13.0. The van der Waals surface area contributed by atoms with Gasteiger partial charge in [-0.1, -0.05) is 6.42 Å². The van der Waals surface area contributed by atoms with Gasteiger partial charge in [0.25, 0.3) is 0 Å². The average molecular weight is 265 g/mol. The molecule has 1 saturated heterocycles. The van der Waals surface area contributed by atoms with Gasteiger partial charge >= 0.3 is 0 Å². The van der Waals surface area contributed by atoms with E-state index in [9.17, 15) is 4.79 Å². The third-order valence-electron chi connectivity index (χ3n) is 3.13. The van der Waals surface area contributed by atoms with Crippen LogP contribution < -0.4 is 16.8 Å². The van der Waals surface area contributed by atoms with Crippen LogP contribution >= 0.6 is 11.8 Å². The molecule has 4 nitrogen and oxygen atoms in total. The van der Waals surface area contributed by atoms with Gasteiger partial charge in [-0.05, 0) is 36.8 Å². The Hall–Kier alpha value is -1.36. The van der Waals surface area contributed by atoms with Crippen LogP contribution in [0.5, 0.6) is 0 Å². The Bertz CT molecular complexity index is 430. The highest BCUT2D eigenvalue weighted by atomic mass is 32.2. The summed E-state index contributed by atoms with van der Waals surface area (Å²) in [5.74, 6) is 0.804.